The number of furan rings is 1. The van der Waals surface area contributed by atoms with Gasteiger partial charge in [0.1, 0.15) is 18.1 Å². The molecule has 2 amide bonds. The number of anilines is 1. The number of hydrogen-bond acceptors (Lipinski definition) is 7. The smallest absolute Gasteiger partial charge is 0.254 e. The van der Waals surface area contributed by atoms with E-state index in [0.29, 0.717) is 36.7 Å². The number of methoxy groups -OCH3 is 1. The molecule has 4 aromatic rings. The predicted molar refractivity (Wildman–Crippen MR) is 147 cm³/mol. The van der Waals surface area contributed by atoms with Crippen LogP contribution in [0.2, 0.25) is 0 Å². The van der Waals surface area contributed by atoms with Crippen LogP contribution in [0.5, 0.6) is 5.75 Å². The SMILES string of the molecule is COc1ccc(C(=O)N(CC(=O)N2CCCN(c3ccc(-c4ccccc4)nn3)CC2)Cc2ccco2)cc1. The Balaban J connectivity index is 1.23. The lowest BCUT2D eigenvalue weighted by molar-refractivity contribution is -0.131. The van der Waals surface area contributed by atoms with Crippen molar-refractivity contribution >= 4 is 17.6 Å². The van der Waals surface area contributed by atoms with Gasteiger partial charge in [0.2, 0.25) is 5.91 Å². The average Bonchev–Trinajstić information content (AvgIpc) is 3.38. The zero-order valence-electron chi connectivity index (χ0n) is 21.9. The van der Waals surface area contributed by atoms with E-state index < -0.39 is 0 Å². The van der Waals surface area contributed by atoms with E-state index in [1.54, 1.807) is 49.8 Å². The molecule has 1 aliphatic heterocycles. The molecule has 0 N–H and O–H groups in total. The minimum Gasteiger partial charge on any atom is -0.497 e. The number of amides is 2. The van der Waals surface area contributed by atoms with Gasteiger partial charge in [0.15, 0.2) is 5.82 Å². The Morgan fingerprint density at radius 2 is 1.72 bits per heavy atom. The van der Waals surface area contributed by atoms with E-state index >= 15 is 0 Å². The first-order chi connectivity index (χ1) is 19.1. The molecular weight excluding hydrogens is 494 g/mol. The lowest BCUT2D eigenvalue weighted by atomic mass is 10.1. The summed E-state index contributed by atoms with van der Waals surface area (Å²) in [6, 6.07) is 24.3. The molecule has 0 saturated carbocycles. The van der Waals surface area contributed by atoms with Gasteiger partial charge in [-0.05, 0) is 55.0 Å². The van der Waals surface area contributed by atoms with Gasteiger partial charge in [0.25, 0.3) is 5.91 Å². The fourth-order valence-electron chi connectivity index (χ4n) is 4.62. The standard InChI is InChI=1S/C30H31N5O4/c1-38-25-12-10-24(11-13-25)30(37)35(21-26-9-5-20-39-26)22-29(36)34-17-6-16-33(18-19-34)28-15-14-27(31-32-28)23-7-3-2-4-8-23/h2-5,7-15,20H,6,16-19,21-22H2,1H3. The van der Waals surface area contributed by atoms with E-state index in [9.17, 15) is 9.59 Å². The summed E-state index contributed by atoms with van der Waals surface area (Å²) < 4.78 is 10.7. The minimum absolute atomic E-state index is 0.0445. The van der Waals surface area contributed by atoms with Gasteiger partial charge < -0.3 is 23.9 Å². The zero-order chi connectivity index (χ0) is 27.0. The molecule has 3 heterocycles. The quantitative estimate of drug-likeness (QED) is 0.342. The monoisotopic (exact) mass is 525 g/mol. The number of benzene rings is 2. The van der Waals surface area contributed by atoms with E-state index in [4.69, 9.17) is 9.15 Å². The Bertz CT molecular complexity index is 1360. The van der Waals surface area contributed by atoms with E-state index in [1.165, 1.54) is 4.90 Å². The van der Waals surface area contributed by atoms with Crippen molar-refractivity contribution in [3.8, 4) is 17.0 Å². The Kier molecular flexibility index (Phi) is 8.16. The molecule has 0 unspecified atom stereocenters. The molecule has 0 aliphatic carbocycles. The summed E-state index contributed by atoms with van der Waals surface area (Å²) in [5, 5.41) is 8.86. The summed E-state index contributed by atoms with van der Waals surface area (Å²) in [5.41, 5.74) is 2.33. The maximum absolute atomic E-state index is 13.4. The van der Waals surface area contributed by atoms with Gasteiger partial charge in [-0.2, -0.15) is 0 Å². The van der Waals surface area contributed by atoms with Gasteiger partial charge in [0.05, 0.1) is 25.6 Å². The van der Waals surface area contributed by atoms with E-state index in [0.717, 1.165) is 30.0 Å². The molecule has 9 nitrogen and oxygen atoms in total. The van der Waals surface area contributed by atoms with Gasteiger partial charge in [-0.1, -0.05) is 30.3 Å². The lowest BCUT2D eigenvalue weighted by Gasteiger charge is -2.27. The van der Waals surface area contributed by atoms with Crippen molar-refractivity contribution in [1.29, 1.82) is 0 Å². The first-order valence-electron chi connectivity index (χ1n) is 13.0. The zero-order valence-corrected chi connectivity index (χ0v) is 21.9. The largest absolute Gasteiger partial charge is 0.497 e. The molecule has 200 valence electrons. The molecule has 9 heteroatoms. The number of carbonyl (C=O) groups is 2. The number of carbonyl (C=O) groups excluding carboxylic acids is 2. The molecular formula is C30H31N5O4. The van der Waals surface area contributed by atoms with E-state index in [2.05, 4.69) is 15.1 Å². The van der Waals surface area contributed by atoms with Crippen molar-refractivity contribution < 1.29 is 18.7 Å². The third kappa shape index (κ3) is 6.43. The molecule has 2 aromatic heterocycles. The molecule has 1 fully saturated rings. The summed E-state index contributed by atoms with van der Waals surface area (Å²) in [6.07, 6.45) is 2.35. The minimum atomic E-state index is -0.243. The molecule has 0 radical (unpaired) electrons. The van der Waals surface area contributed by atoms with Gasteiger partial charge in [-0.3, -0.25) is 9.59 Å². The summed E-state index contributed by atoms with van der Waals surface area (Å²) in [7, 11) is 1.58. The Labute approximate surface area is 227 Å². The highest BCUT2D eigenvalue weighted by atomic mass is 16.5. The van der Waals surface area contributed by atoms with Crippen LogP contribution in [0.1, 0.15) is 22.5 Å². The average molecular weight is 526 g/mol. The van der Waals surface area contributed by atoms with Crippen molar-refractivity contribution in [3.05, 3.63) is 96.4 Å². The highest BCUT2D eigenvalue weighted by Gasteiger charge is 2.25. The van der Waals surface area contributed by atoms with Crippen LogP contribution in [0, 0.1) is 0 Å². The molecule has 0 bridgehead atoms. The van der Waals surface area contributed by atoms with Crippen LogP contribution in [0.4, 0.5) is 5.82 Å². The van der Waals surface area contributed by atoms with Crippen LogP contribution in [-0.2, 0) is 11.3 Å². The van der Waals surface area contributed by atoms with Crippen LogP contribution in [0.25, 0.3) is 11.3 Å². The number of aromatic nitrogens is 2. The number of nitrogens with zero attached hydrogens (tertiary/aromatic N) is 5. The van der Waals surface area contributed by atoms with E-state index in [1.807, 2.05) is 47.4 Å². The van der Waals surface area contributed by atoms with Gasteiger partial charge in [0, 0.05) is 37.3 Å². The highest BCUT2D eigenvalue weighted by molar-refractivity contribution is 5.96. The van der Waals surface area contributed by atoms with Crippen molar-refractivity contribution in [2.75, 3.05) is 44.7 Å². The molecule has 1 saturated heterocycles. The maximum atomic E-state index is 13.4. The van der Waals surface area contributed by atoms with Crippen molar-refractivity contribution in [1.82, 2.24) is 20.0 Å². The summed E-state index contributed by atoms with van der Waals surface area (Å²) in [4.78, 5) is 32.3. The second-order valence-electron chi connectivity index (χ2n) is 9.33. The predicted octanol–water partition coefficient (Wildman–Crippen LogP) is 4.13. The first kappa shape index (κ1) is 26.0. The highest BCUT2D eigenvalue weighted by Crippen LogP contribution is 2.20. The normalized spacial score (nSPS) is 13.6. The van der Waals surface area contributed by atoms with Crippen LogP contribution in [0.3, 0.4) is 0 Å². The Hall–Kier alpha value is -4.66. The van der Waals surface area contributed by atoms with Crippen LogP contribution < -0.4 is 9.64 Å². The van der Waals surface area contributed by atoms with Crippen LogP contribution in [0.15, 0.2) is 89.5 Å². The van der Waals surface area contributed by atoms with E-state index in [-0.39, 0.29) is 24.9 Å². The Morgan fingerprint density at radius 3 is 2.41 bits per heavy atom. The lowest BCUT2D eigenvalue weighted by Crippen LogP contribution is -2.44. The fourth-order valence-corrected chi connectivity index (χ4v) is 4.62. The maximum Gasteiger partial charge on any atom is 0.254 e. The molecule has 39 heavy (non-hydrogen) atoms. The van der Waals surface area contributed by atoms with Crippen LogP contribution >= 0.6 is 0 Å². The van der Waals surface area contributed by atoms with Crippen LogP contribution in [-0.4, -0.2) is 71.6 Å². The van der Waals surface area contributed by atoms with Crippen molar-refractivity contribution in [2.45, 2.75) is 13.0 Å². The fraction of sp³-hybridized carbons (Fsp3) is 0.267. The summed E-state index contributed by atoms with van der Waals surface area (Å²) in [5.74, 6) is 1.72. The third-order valence-corrected chi connectivity index (χ3v) is 6.77. The molecule has 1 aliphatic rings. The second-order valence-corrected chi connectivity index (χ2v) is 9.33. The Morgan fingerprint density at radius 1 is 0.897 bits per heavy atom. The molecule has 0 atom stereocenters. The number of rotatable bonds is 8. The number of hydrogen-bond donors (Lipinski definition) is 0. The molecule has 5 rings (SSSR count). The first-order valence-corrected chi connectivity index (χ1v) is 13.0. The number of ether oxygens (including phenoxy) is 1. The topological polar surface area (TPSA) is 92.0 Å². The summed E-state index contributed by atoms with van der Waals surface area (Å²) in [6.45, 7) is 2.70. The van der Waals surface area contributed by atoms with Crippen molar-refractivity contribution in [3.63, 3.8) is 0 Å². The van der Waals surface area contributed by atoms with Crippen molar-refractivity contribution in [2.24, 2.45) is 0 Å². The van der Waals surface area contributed by atoms with Gasteiger partial charge in [-0.15, -0.1) is 10.2 Å². The van der Waals surface area contributed by atoms with Gasteiger partial charge in [-0.25, -0.2) is 0 Å². The molecule has 2 aromatic carbocycles. The summed E-state index contributed by atoms with van der Waals surface area (Å²) >= 11 is 0. The van der Waals surface area contributed by atoms with Gasteiger partial charge >= 0.3 is 0 Å². The molecule has 0 spiro atoms. The third-order valence-electron chi connectivity index (χ3n) is 6.77. The second kappa shape index (κ2) is 12.3.